The molecule has 0 aromatic heterocycles. The molecule has 0 bridgehead atoms. The maximum Gasteiger partial charge on any atom is 0.129 e. The molecule has 0 saturated carbocycles. The lowest BCUT2D eigenvalue weighted by atomic mass is 10.4. The van der Waals surface area contributed by atoms with E-state index in [2.05, 4.69) is 4.99 Å². The maximum atomic E-state index is 5.65. The topological polar surface area (TPSA) is 12.4 Å². The average molecular weight is 174 g/mol. The van der Waals surface area contributed by atoms with Crippen molar-refractivity contribution < 1.29 is 0 Å². The molecular formula is C7H5Cl2N. The Morgan fingerprint density at radius 2 is 2.00 bits per heavy atom. The molecule has 10 heavy (non-hydrogen) atoms. The van der Waals surface area contributed by atoms with Crippen LogP contribution in [0.2, 0.25) is 0 Å². The van der Waals surface area contributed by atoms with Crippen LogP contribution in [0.5, 0.6) is 0 Å². The van der Waals surface area contributed by atoms with Crippen LogP contribution >= 0.6 is 23.2 Å². The molecule has 1 rings (SSSR count). The van der Waals surface area contributed by atoms with E-state index in [0.29, 0.717) is 10.2 Å². The van der Waals surface area contributed by atoms with Crippen molar-refractivity contribution in [3.8, 4) is 0 Å². The quantitative estimate of drug-likeness (QED) is 0.535. The Hall–Kier alpha value is -0.530. The fourth-order valence-corrected chi connectivity index (χ4v) is 0.756. The molecule has 0 unspecified atom stereocenters. The second-order valence-electron chi connectivity index (χ2n) is 1.68. The maximum absolute atomic E-state index is 5.65. The van der Waals surface area contributed by atoms with E-state index < -0.39 is 0 Å². The zero-order valence-corrected chi connectivity index (χ0v) is 6.60. The first-order chi connectivity index (χ1) is 4.79. The molecule has 1 aliphatic rings. The van der Waals surface area contributed by atoms with Crippen LogP contribution < -0.4 is 0 Å². The predicted molar refractivity (Wildman–Crippen MR) is 45.5 cm³/mol. The highest BCUT2D eigenvalue weighted by atomic mass is 35.5. The van der Waals surface area contributed by atoms with E-state index in [0.717, 1.165) is 0 Å². The molecule has 52 valence electrons. The van der Waals surface area contributed by atoms with Gasteiger partial charge in [-0.15, -0.1) is 0 Å². The van der Waals surface area contributed by atoms with Crippen LogP contribution in [0.15, 0.2) is 40.5 Å². The number of allylic oxidation sites excluding steroid dienone is 5. The van der Waals surface area contributed by atoms with Crippen molar-refractivity contribution in [2.45, 2.75) is 0 Å². The third-order valence-corrected chi connectivity index (χ3v) is 1.40. The van der Waals surface area contributed by atoms with Gasteiger partial charge in [-0.2, -0.15) is 0 Å². The molecule has 0 spiro atoms. The number of hydrogen-bond acceptors (Lipinski definition) is 1. The minimum atomic E-state index is 0.455. The van der Waals surface area contributed by atoms with Crippen LogP contribution in [0.4, 0.5) is 0 Å². The van der Waals surface area contributed by atoms with E-state index in [-0.39, 0.29) is 0 Å². The molecular weight excluding hydrogens is 169 g/mol. The third kappa shape index (κ3) is 2.38. The first-order valence-corrected chi connectivity index (χ1v) is 3.48. The van der Waals surface area contributed by atoms with Crippen LogP contribution in [0.3, 0.4) is 0 Å². The minimum Gasteiger partial charge on any atom is -0.245 e. The minimum absolute atomic E-state index is 0.455. The van der Waals surface area contributed by atoms with Crippen LogP contribution in [-0.2, 0) is 0 Å². The van der Waals surface area contributed by atoms with Gasteiger partial charge in [-0.1, -0.05) is 29.3 Å². The van der Waals surface area contributed by atoms with Gasteiger partial charge in [-0.25, -0.2) is 4.99 Å². The normalized spacial score (nSPS) is 20.6. The van der Waals surface area contributed by atoms with Crippen molar-refractivity contribution in [1.82, 2.24) is 0 Å². The number of aliphatic imine (C=N–C) groups is 1. The van der Waals surface area contributed by atoms with Crippen molar-refractivity contribution in [3.05, 3.63) is 35.5 Å². The predicted octanol–water partition coefficient (Wildman–Crippen LogP) is 2.83. The molecule has 0 atom stereocenters. The summed E-state index contributed by atoms with van der Waals surface area (Å²) < 4.78 is 0. The van der Waals surface area contributed by atoms with E-state index in [1.807, 2.05) is 0 Å². The molecule has 0 aromatic rings. The highest BCUT2D eigenvalue weighted by Gasteiger charge is 1.87. The summed E-state index contributed by atoms with van der Waals surface area (Å²) in [5.74, 6) is 0. The molecule has 0 saturated heterocycles. The zero-order chi connectivity index (χ0) is 7.40. The summed E-state index contributed by atoms with van der Waals surface area (Å²) in [6.45, 7) is 0. The summed E-state index contributed by atoms with van der Waals surface area (Å²) in [6, 6.07) is 0. The summed E-state index contributed by atoms with van der Waals surface area (Å²) in [5, 5.41) is 1.10. The Balaban J connectivity index is 2.84. The van der Waals surface area contributed by atoms with Crippen molar-refractivity contribution in [1.29, 1.82) is 0 Å². The van der Waals surface area contributed by atoms with Gasteiger partial charge in [0, 0.05) is 11.2 Å². The Morgan fingerprint density at radius 3 is 2.80 bits per heavy atom. The Kier molecular flexibility index (Phi) is 2.72. The molecule has 0 fully saturated rings. The van der Waals surface area contributed by atoms with Crippen molar-refractivity contribution in [2.24, 2.45) is 4.99 Å². The van der Waals surface area contributed by atoms with Crippen molar-refractivity contribution in [3.63, 3.8) is 0 Å². The second kappa shape index (κ2) is 3.59. The summed E-state index contributed by atoms with van der Waals surface area (Å²) in [6.07, 6.45) is 8.40. The van der Waals surface area contributed by atoms with E-state index in [1.54, 1.807) is 30.5 Å². The molecule has 1 aliphatic heterocycles. The summed E-state index contributed by atoms with van der Waals surface area (Å²) in [4.78, 5) is 3.82. The van der Waals surface area contributed by atoms with Gasteiger partial charge in [0.25, 0.3) is 0 Å². The monoisotopic (exact) mass is 173 g/mol. The van der Waals surface area contributed by atoms with Crippen LogP contribution in [-0.4, -0.2) is 5.17 Å². The van der Waals surface area contributed by atoms with Gasteiger partial charge >= 0.3 is 0 Å². The molecule has 1 nitrogen and oxygen atoms in total. The van der Waals surface area contributed by atoms with Gasteiger partial charge in [0.1, 0.15) is 5.17 Å². The number of rotatable bonds is 0. The fourth-order valence-electron chi connectivity index (χ4n) is 0.498. The van der Waals surface area contributed by atoms with Gasteiger partial charge in [-0.05, 0) is 18.2 Å². The van der Waals surface area contributed by atoms with Gasteiger partial charge in [0.15, 0.2) is 0 Å². The highest BCUT2D eigenvalue weighted by Crippen LogP contribution is 2.06. The van der Waals surface area contributed by atoms with E-state index in [9.17, 15) is 0 Å². The van der Waals surface area contributed by atoms with Gasteiger partial charge in [0.2, 0.25) is 0 Å². The summed E-state index contributed by atoms with van der Waals surface area (Å²) >= 11 is 11.2. The van der Waals surface area contributed by atoms with Gasteiger partial charge < -0.3 is 0 Å². The first-order valence-electron chi connectivity index (χ1n) is 2.73. The number of hydrogen-bond donors (Lipinski definition) is 0. The Labute approximate surface area is 69.4 Å². The van der Waals surface area contributed by atoms with E-state index in [4.69, 9.17) is 23.2 Å². The molecule has 0 aromatic carbocycles. The molecule has 0 N–H and O–H groups in total. The largest absolute Gasteiger partial charge is 0.245 e. The number of nitrogens with zero attached hydrogens (tertiary/aromatic N) is 1. The zero-order valence-electron chi connectivity index (χ0n) is 5.09. The lowest BCUT2D eigenvalue weighted by molar-refractivity contribution is 1.56. The highest BCUT2D eigenvalue weighted by molar-refractivity contribution is 6.68. The average Bonchev–Trinajstić information content (AvgIpc) is 1.84. The third-order valence-electron chi connectivity index (χ3n) is 0.921. The van der Waals surface area contributed by atoms with E-state index in [1.165, 1.54) is 0 Å². The SMILES string of the molecule is ClC1=C/C=C/C(Cl)=NC=C1. The Morgan fingerprint density at radius 1 is 1.20 bits per heavy atom. The van der Waals surface area contributed by atoms with E-state index >= 15 is 0 Å². The van der Waals surface area contributed by atoms with Crippen LogP contribution in [0.1, 0.15) is 0 Å². The standard InChI is InChI=1S/C7H5Cl2N/c8-6-2-1-3-7(9)10-5-4-6/h1-5H/b2-1?,3-1+,5-4?,6-2?,6-4?,7-3?,10-5?,10-7?. The Bertz CT molecular complexity index is 210. The first kappa shape index (κ1) is 7.58. The number of halogens is 2. The van der Waals surface area contributed by atoms with Crippen molar-refractivity contribution >= 4 is 28.4 Å². The molecule has 0 radical (unpaired) electrons. The summed E-state index contributed by atoms with van der Waals surface area (Å²) in [5.41, 5.74) is 0. The molecule has 1 heterocycles. The van der Waals surface area contributed by atoms with Crippen LogP contribution in [0.25, 0.3) is 0 Å². The second-order valence-corrected chi connectivity index (χ2v) is 2.50. The lowest BCUT2D eigenvalue weighted by Gasteiger charge is -1.89. The smallest absolute Gasteiger partial charge is 0.129 e. The molecule has 0 amide bonds. The van der Waals surface area contributed by atoms with Gasteiger partial charge in [-0.3, -0.25) is 0 Å². The van der Waals surface area contributed by atoms with Crippen molar-refractivity contribution in [2.75, 3.05) is 0 Å². The van der Waals surface area contributed by atoms with Crippen LogP contribution in [0, 0.1) is 0 Å². The lowest BCUT2D eigenvalue weighted by Crippen LogP contribution is -1.78. The summed E-state index contributed by atoms with van der Waals surface area (Å²) in [7, 11) is 0. The molecule has 0 aliphatic carbocycles. The van der Waals surface area contributed by atoms with Gasteiger partial charge in [0.05, 0.1) is 0 Å². The molecule has 3 heteroatoms. The fraction of sp³-hybridized carbons (Fsp3) is 0.